The van der Waals surface area contributed by atoms with Gasteiger partial charge < -0.3 is 9.47 Å². The fourth-order valence-corrected chi connectivity index (χ4v) is 3.44. The van der Waals surface area contributed by atoms with Crippen LogP contribution in [0, 0.1) is 0 Å². The van der Waals surface area contributed by atoms with Gasteiger partial charge in [-0.05, 0) is 18.2 Å². The summed E-state index contributed by atoms with van der Waals surface area (Å²) in [4.78, 5) is -0.405. The fraction of sp³-hybridized carbons (Fsp3) is 0.500. The number of nitrogens with zero attached hydrogens (tertiary/aromatic N) is 1. The molecule has 9 heteroatoms. The molecule has 1 fully saturated rings. The van der Waals surface area contributed by atoms with E-state index in [0.717, 1.165) is 23.5 Å². The summed E-state index contributed by atoms with van der Waals surface area (Å²) in [5.41, 5.74) is -1.11. The molecular formula is C12H14F3NO4S. The van der Waals surface area contributed by atoms with Crippen molar-refractivity contribution in [2.24, 2.45) is 0 Å². The van der Waals surface area contributed by atoms with Crippen molar-refractivity contribution in [1.29, 1.82) is 0 Å². The zero-order chi connectivity index (χ0) is 15.7. The van der Waals surface area contributed by atoms with Gasteiger partial charge in [0.1, 0.15) is 5.75 Å². The molecule has 1 aliphatic rings. The lowest BCUT2D eigenvalue weighted by Gasteiger charge is -2.26. The Morgan fingerprint density at radius 3 is 2.38 bits per heavy atom. The molecule has 118 valence electrons. The average Bonchev–Trinajstić information content (AvgIpc) is 2.46. The molecule has 0 radical (unpaired) electrons. The first-order valence-corrected chi connectivity index (χ1v) is 7.54. The van der Waals surface area contributed by atoms with Crippen molar-refractivity contribution in [1.82, 2.24) is 4.31 Å². The molecule has 1 heterocycles. The van der Waals surface area contributed by atoms with Gasteiger partial charge in [-0.2, -0.15) is 17.5 Å². The molecule has 1 aromatic carbocycles. The standard InChI is InChI=1S/C12H14F3NO4S/c1-19-11-3-2-9(8-10(11)12(13,14)15)21(17,18)16-4-6-20-7-5-16/h2-3,8H,4-7H2,1H3. The van der Waals surface area contributed by atoms with Gasteiger partial charge in [0.2, 0.25) is 10.0 Å². The van der Waals surface area contributed by atoms with Gasteiger partial charge in [0.05, 0.1) is 30.8 Å². The zero-order valence-corrected chi connectivity index (χ0v) is 12.0. The minimum Gasteiger partial charge on any atom is -0.496 e. The van der Waals surface area contributed by atoms with Crippen LogP contribution in [0.4, 0.5) is 13.2 Å². The van der Waals surface area contributed by atoms with Gasteiger partial charge in [-0.3, -0.25) is 0 Å². The van der Waals surface area contributed by atoms with Crippen LogP contribution in [0.5, 0.6) is 5.75 Å². The number of alkyl halides is 3. The molecule has 5 nitrogen and oxygen atoms in total. The third-order valence-corrected chi connectivity index (χ3v) is 4.98. The Labute approximate surface area is 120 Å². The highest BCUT2D eigenvalue weighted by molar-refractivity contribution is 7.89. The van der Waals surface area contributed by atoms with Crippen LogP contribution in [0.25, 0.3) is 0 Å². The van der Waals surface area contributed by atoms with Gasteiger partial charge in [-0.15, -0.1) is 0 Å². The van der Waals surface area contributed by atoms with Crippen molar-refractivity contribution in [2.75, 3.05) is 33.4 Å². The lowest BCUT2D eigenvalue weighted by atomic mass is 10.2. The van der Waals surface area contributed by atoms with Crippen molar-refractivity contribution in [3.63, 3.8) is 0 Å². The van der Waals surface area contributed by atoms with E-state index >= 15 is 0 Å². The van der Waals surface area contributed by atoms with Crippen LogP contribution in [-0.2, 0) is 20.9 Å². The highest BCUT2D eigenvalue weighted by Gasteiger charge is 2.36. The Morgan fingerprint density at radius 1 is 1.24 bits per heavy atom. The second-order valence-corrected chi connectivity index (χ2v) is 6.31. The molecule has 0 aliphatic carbocycles. The molecule has 0 saturated carbocycles. The third kappa shape index (κ3) is 3.30. The summed E-state index contributed by atoms with van der Waals surface area (Å²) in [5.74, 6) is -0.413. The summed E-state index contributed by atoms with van der Waals surface area (Å²) in [6.07, 6.45) is -4.69. The van der Waals surface area contributed by atoms with Crippen LogP contribution in [0.2, 0.25) is 0 Å². The quantitative estimate of drug-likeness (QED) is 0.849. The number of rotatable bonds is 3. The molecule has 0 bridgehead atoms. The van der Waals surface area contributed by atoms with Gasteiger partial charge in [-0.25, -0.2) is 8.42 Å². The number of benzene rings is 1. The first-order chi connectivity index (χ1) is 9.76. The maximum Gasteiger partial charge on any atom is 0.420 e. The van der Waals surface area contributed by atoms with Gasteiger partial charge in [0.25, 0.3) is 0 Å². The molecule has 0 atom stereocenters. The van der Waals surface area contributed by atoms with E-state index in [1.807, 2.05) is 0 Å². The van der Waals surface area contributed by atoms with E-state index in [1.54, 1.807) is 0 Å². The average molecular weight is 325 g/mol. The predicted octanol–water partition coefficient (Wildman–Crippen LogP) is 1.73. The zero-order valence-electron chi connectivity index (χ0n) is 11.2. The number of morpholine rings is 1. The van der Waals surface area contributed by atoms with E-state index in [4.69, 9.17) is 4.74 Å². The largest absolute Gasteiger partial charge is 0.496 e. The van der Waals surface area contributed by atoms with E-state index < -0.39 is 32.4 Å². The van der Waals surface area contributed by atoms with Gasteiger partial charge in [0, 0.05) is 13.1 Å². The Morgan fingerprint density at radius 2 is 1.86 bits per heavy atom. The van der Waals surface area contributed by atoms with E-state index in [1.165, 1.54) is 0 Å². The SMILES string of the molecule is COc1ccc(S(=O)(=O)N2CCOCC2)cc1C(F)(F)F. The lowest BCUT2D eigenvalue weighted by Crippen LogP contribution is -2.40. The number of hydrogen-bond donors (Lipinski definition) is 0. The van der Waals surface area contributed by atoms with Crippen LogP contribution < -0.4 is 4.74 Å². The molecule has 2 rings (SSSR count). The van der Waals surface area contributed by atoms with Crippen molar-refractivity contribution < 1.29 is 31.1 Å². The smallest absolute Gasteiger partial charge is 0.420 e. The molecule has 1 saturated heterocycles. The van der Waals surface area contributed by atoms with E-state index in [2.05, 4.69) is 4.74 Å². The molecule has 21 heavy (non-hydrogen) atoms. The van der Waals surface area contributed by atoms with E-state index in [-0.39, 0.29) is 26.3 Å². The molecule has 0 aromatic heterocycles. The molecule has 0 amide bonds. The minimum absolute atomic E-state index is 0.121. The minimum atomic E-state index is -4.69. The van der Waals surface area contributed by atoms with Crippen LogP contribution in [0.1, 0.15) is 5.56 Å². The van der Waals surface area contributed by atoms with Crippen LogP contribution in [-0.4, -0.2) is 46.1 Å². The van der Waals surface area contributed by atoms with Crippen molar-refractivity contribution in [3.8, 4) is 5.75 Å². The summed E-state index contributed by atoms with van der Waals surface area (Å²) in [6, 6.07) is 2.72. The van der Waals surface area contributed by atoms with Gasteiger partial charge in [-0.1, -0.05) is 0 Å². The summed E-state index contributed by atoms with van der Waals surface area (Å²) < 4.78 is 74.3. The second kappa shape index (κ2) is 5.82. The number of ether oxygens (including phenoxy) is 2. The Bertz CT molecular complexity index is 609. The number of sulfonamides is 1. The summed E-state index contributed by atoms with van der Waals surface area (Å²) in [7, 11) is -2.87. The highest BCUT2D eigenvalue weighted by Crippen LogP contribution is 2.37. The first kappa shape index (κ1) is 16.1. The second-order valence-electron chi connectivity index (χ2n) is 4.38. The van der Waals surface area contributed by atoms with Crippen LogP contribution >= 0.6 is 0 Å². The van der Waals surface area contributed by atoms with Crippen LogP contribution in [0.3, 0.4) is 0 Å². The van der Waals surface area contributed by atoms with Crippen molar-refractivity contribution in [2.45, 2.75) is 11.1 Å². The monoisotopic (exact) mass is 325 g/mol. The van der Waals surface area contributed by atoms with E-state index in [0.29, 0.717) is 6.07 Å². The van der Waals surface area contributed by atoms with Gasteiger partial charge in [0.15, 0.2) is 0 Å². The normalized spacial score (nSPS) is 17.7. The maximum atomic E-state index is 12.9. The topological polar surface area (TPSA) is 55.8 Å². The molecule has 0 N–H and O–H groups in total. The fourth-order valence-electron chi connectivity index (χ4n) is 2.01. The molecule has 0 spiro atoms. The van der Waals surface area contributed by atoms with Gasteiger partial charge >= 0.3 is 6.18 Å². The Hall–Kier alpha value is -1.32. The van der Waals surface area contributed by atoms with Crippen LogP contribution in [0.15, 0.2) is 23.1 Å². The molecule has 1 aromatic rings. The first-order valence-electron chi connectivity index (χ1n) is 6.10. The lowest BCUT2D eigenvalue weighted by molar-refractivity contribution is -0.138. The number of halogens is 3. The summed E-state index contributed by atoms with van der Waals surface area (Å²) >= 11 is 0. The number of hydrogen-bond acceptors (Lipinski definition) is 4. The molecular weight excluding hydrogens is 311 g/mol. The van der Waals surface area contributed by atoms with Crippen molar-refractivity contribution in [3.05, 3.63) is 23.8 Å². The molecule has 1 aliphatic heterocycles. The Kier molecular flexibility index (Phi) is 4.45. The number of methoxy groups -OCH3 is 1. The summed E-state index contributed by atoms with van der Waals surface area (Å²) in [6.45, 7) is 0.689. The van der Waals surface area contributed by atoms with Crippen molar-refractivity contribution >= 4 is 10.0 Å². The predicted molar refractivity (Wildman–Crippen MR) is 67.6 cm³/mol. The van der Waals surface area contributed by atoms with E-state index in [9.17, 15) is 21.6 Å². The Balaban J connectivity index is 2.44. The summed E-state index contributed by atoms with van der Waals surface area (Å²) in [5, 5.41) is 0. The third-order valence-electron chi connectivity index (χ3n) is 3.08. The maximum absolute atomic E-state index is 12.9. The molecule has 0 unspecified atom stereocenters. The highest BCUT2D eigenvalue weighted by atomic mass is 32.2.